The molecule has 2 N–H and O–H groups in total. The highest BCUT2D eigenvalue weighted by molar-refractivity contribution is 6.30. The number of carbonyl (C=O) groups is 2. The second-order valence-corrected chi connectivity index (χ2v) is 12.3. The summed E-state index contributed by atoms with van der Waals surface area (Å²) in [5.74, 6) is 0.341. The molecule has 0 aliphatic carbocycles. The van der Waals surface area contributed by atoms with E-state index in [0.29, 0.717) is 49.9 Å². The van der Waals surface area contributed by atoms with E-state index >= 15 is 0 Å². The molecule has 1 atom stereocenters. The van der Waals surface area contributed by atoms with E-state index in [4.69, 9.17) is 21.1 Å². The maximum absolute atomic E-state index is 13.0. The van der Waals surface area contributed by atoms with E-state index in [1.54, 1.807) is 38.1 Å². The van der Waals surface area contributed by atoms with E-state index < -0.39 is 5.60 Å². The zero-order valence-corrected chi connectivity index (χ0v) is 29.4. The summed E-state index contributed by atoms with van der Waals surface area (Å²) in [6, 6.07) is 6.88. The first-order valence-electron chi connectivity index (χ1n) is 17.0. The molecule has 1 aromatic carbocycles. The fourth-order valence-corrected chi connectivity index (χ4v) is 4.84. The van der Waals surface area contributed by atoms with Crippen LogP contribution in [0.2, 0.25) is 5.02 Å². The minimum absolute atomic E-state index is 0.000478. The van der Waals surface area contributed by atoms with Crippen LogP contribution in [0.4, 0.5) is 0 Å². The Morgan fingerprint density at radius 2 is 1.30 bits per heavy atom. The van der Waals surface area contributed by atoms with Gasteiger partial charge in [-0.15, -0.1) is 0 Å². The first-order chi connectivity index (χ1) is 22.8. The highest BCUT2D eigenvalue weighted by atomic mass is 35.5. The van der Waals surface area contributed by atoms with Crippen LogP contribution < -0.4 is 15.4 Å². The van der Waals surface area contributed by atoms with Crippen LogP contribution in [0.1, 0.15) is 72.1 Å². The lowest BCUT2D eigenvalue weighted by Crippen LogP contribution is -2.56. The highest BCUT2D eigenvalue weighted by Crippen LogP contribution is 2.21. The van der Waals surface area contributed by atoms with Crippen LogP contribution in [0.5, 0.6) is 5.75 Å². The quantitative estimate of drug-likeness (QED) is 0.123. The highest BCUT2D eigenvalue weighted by Gasteiger charge is 2.31. The topological polar surface area (TPSA) is 79.9 Å². The number of nitrogens with one attached hydrogen (secondary N) is 2. The number of amides is 2. The number of allylic oxidation sites excluding steroid dienone is 12. The summed E-state index contributed by atoms with van der Waals surface area (Å²) in [6.07, 6.45) is 33.0. The van der Waals surface area contributed by atoms with E-state index in [0.717, 1.165) is 51.6 Å². The number of ether oxygens (including phenoxy) is 2. The van der Waals surface area contributed by atoms with Crippen molar-refractivity contribution in [3.05, 3.63) is 102 Å². The molecule has 1 fully saturated rings. The Kier molecular flexibility index (Phi) is 20.9. The van der Waals surface area contributed by atoms with Crippen molar-refractivity contribution in [1.82, 2.24) is 15.5 Å². The lowest BCUT2D eigenvalue weighted by molar-refractivity contribution is -0.134. The number of morpholine rings is 1. The van der Waals surface area contributed by atoms with Crippen LogP contribution in [-0.4, -0.2) is 67.7 Å². The molecule has 0 saturated carbocycles. The lowest BCUT2D eigenvalue weighted by Gasteiger charge is -2.35. The predicted molar refractivity (Wildman–Crippen MR) is 196 cm³/mol. The van der Waals surface area contributed by atoms with Gasteiger partial charge in [0.25, 0.3) is 5.91 Å². The van der Waals surface area contributed by atoms with E-state index in [9.17, 15) is 9.59 Å². The van der Waals surface area contributed by atoms with Crippen molar-refractivity contribution in [3.8, 4) is 5.75 Å². The fraction of sp³-hybridized carbons (Fsp3) is 0.487. The third-order valence-electron chi connectivity index (χ3n) is 7.46. The molecular formula is C39H56ClN3O4. The van der Waals surface area contributed by atoms with Crippen molar-refractivity contribution < 1.29 is 19.1 Å². The van der Waals surface area contributed by atoms with Crippen LogP contribution in [0, 0.1) is 0 Å². The van der Waals surface area contributed by atoms with Gasteiger partial charge in [0.1, 0.15) is 5.75 Å². The van der Waals surface area contributed by atoms with Crippen LogP contribution >= 0.6 is 11.6 Å². The van der Waals surface area contributed by atoms with E-state index in [1.807, 2.05) is 0 Å². The van der Waals surface area contributed by atoms with Crippen LogP contribution in [0.3, 0.4) is 0 Å². The van der Waals surface area contributed by atoms with Gasteiger partial charge in [-0.1, -0.05) is 91.4 Å². The summed E-state index contributed by atoms with van der Waals surface area (Å²) >= 11 is 5.96. The zero-order chi connectivity index (χ0) is 34.0. The van der Waals surface area contributed by atoms with Crippen molar-refractivity contribution in [3.63, 3.8) is 0 Å². The normalized spacial score (nSPS) is 15.6. The largest absolute Gasteiger partial charge is 0.478 e. The number of nitrogens with zero attached hydrogens (tertiary/aromatic N) is 1. The molecule has 8 heteroatoms. The Labute approximate surface area is 288 Å². The second-order valence-electron chi connectivity index (χ2n) is 11.8. The molecule has 0 aromatic heterocycles. The van der Waals surface area contributed by atoms with Crippen molar-refractivity contribution in [1.29, 1.82) is 0 Å². The Balaban J connectivity index is 1.64. The third-order valence-corrected chi connectivity index (χ3v) is 7.72. The molecule has 1 saturated heterocycles. The van der Waals surface area contributed by atoms with Crippen molar-refractivity contribution in [2.45, 2.75) is 83.8 Å². The van der Waals surface area contributed by atoms with Gasteiger partial charge >= 0.3 is 0 Å². The molecule has 258 valence electrons. The molecule has 1 aliphatic heterocycles. The average molecular weight is 666 g/mol. The fourth-order valence-electron chi connectivity index (χ4n) is 4.71. The summed E-state index contributed by atoms with van der Waals surface area (Å²) < 4.78 is 11.4. The Hall–Kier alpha value is -3.39. The zero-order valence-electron chi connectivity index (χ0n) is 28.7. The smallest absolute Gasteiger partial charge is 0.263 e. The number of rotatable bonds is 22. The van der Waals surface area contributed by atoms with Crippen LogP contribution in [0.15, 0.2) is 97.2 Å². The van der Waals surface area contributed by atoms with Crippen molar-refractivity contribution >= 4 is 23.4 Å². The number of halogens is 1. The molecule has 0 spiro atoms. The van der Waals surface area contributed by atoms with Crippen molar-refractivity contribution in [2.24, 2.45) is 0 Å². The average Bonchev–Trinajstić information content (AvgIpc) is 3.07. The van der Waals surface area contributed by atoms with E-state index in [2.05, 4.69) is 95.4 Å². The molecule has 7 nitrogen and oxygen atoms in total. The summed E-state index contributed by atoms with van der Waals surface area (Å²) in [6.45, 7) is 9.21. The lowest BCUT2D eigenvalue weighted by atomic mass is 10.1. The van der Waals surface area contributed by atoms with E-state index in [1.165, 1.54) is 0 Å². The van der Waals surface area contributed by atoms with Gasteiger partial charge in [0, 0.05) is 43.7 Å². The van der Waals surface area contributed by atoms with E-state index in [-0.39, 0.29) is 17.9 Å². The predicted octanol–water partition coefficient (Wildman–Crippen LogP) is 7.91. The monoisotopic (exact) mass is 665 g/mol. The number of benzene rings is 1. The first kappa shape index (κ1) is 39.8. The first-order valence-corrected chi connectivity index (χ1v) is 17.4. The molecular weight excluding hydrogens is 610 g/mol. The maximum atomic E-state index is 13.0. The minimum Gasteiger partial charge on any atom is -0.478 e. The van der Waals surface area contributed by atoms with Crippen molar-refractivity contribution in [2.75, 3.05) is 39.4 Å². The van der Waals surface area contributed by atoms with Gasteiger partial charge in [-0.05, 0) is 83.1 Å². The van der Waals surface area contributed by atoms with Gasteiger partial charge in [0.05, 0.1) is 13.2 Å². The van der Waals surface area contributed by atoms with Gasteiger partial charge < -0.3 is 20.1 Å². The number of hydrogen-bond donors (Lipinski definition) is 2. The minimum atomic E-state index is -1.08. The number of carbonyl (C=O) groups excluding carboxylic acids is 2. The van der Waals surface area contributed by atoms with Gasteiger partial charge in [-0.25, -0.2) is 0 Å². The van der Waals surface area contributed by atoms with Gasteiger partial charge in [0.2, 0.25) is 5.91 Å². The van der Waals surface area contributed by atoms with Gasteiger partial charge in [-0.3, -0.25) is 14.5 Å². The Morgan fingerprint density at radius 3 is 1.83 bits per heavy atom. The standard InChI is InChI=1S/C39H56ClN3O4/c1-4-5-6-7-8-9-10-11-12-13-14-15-16-17-18-19-20-21-22-23-37(44)41-32-35(43-28-30-46-31-29-43)33-42-38(45)39(2,3)47-36-26-24-34(40)25-27-36/h5-6,8-9,11-12,14-15,17-18,20-21,24-27,35H,4,7,10,13,16,19,22-23,28-33H2,1-3H3,(H,41,44)(H,42,45)/b6-5-,9-8-,12-11-,15-14-,18-17-,21-20-. The Morgan fingerprint density at radius 1 is 0.809 bits per heavy atom. The Bertz CT molecular complexity index is 1200. The molecule has 2 amide bonds. The second kappa shape index (κ2) is 24.7. The molecule has 0 radical (unpaired) electrons. The number of hydrogen-bond acceptors (Lipinski definition) is 5. The molecule has 2 rings (SSSR count). The molecule has 47 heavy (non-hydrogen) atoms. The molecule has 1 unspecified atom stereocenters. The van der Waals surface area contributed by atoms with Crippen LogP contribution in [0.25, 0.3) is 0 Å². The van der Waals surface area contributed by atoms with Gasteiger partial charge in [0.15, 0.2) is 5.60 Å². The molecule has 0 bridgehead atoms. The van der Waals surface area contributed by atoms with Gasteiger partial charge in [-0.2, -0.15) is 0 Å². The SMILES string of the molecule is CC/C=C\C/C=C\C/C=C\C/C=C\C/C=C\C/C=C\CCC(=O)NCC(CNC(=O)C(C)(C)Oc1ccc(Cl)cc1)N1CCOCC1. The summed E-state index contributed by atoms with van der Waals surface area (Å²) in [5.41, 5.74) is -1.08. The summed E-state index contributed by atoms with van der Waals surface area (Å²) in [7, 11) is 0. The summed E-state index contributed by atoms with van der Waals surface area (Å²) in [5, 5.41) is 6.70. The molecule has 1 aromatic rings. The third kappa shape index (κ3) is 19.1. The summed E-state index contributed by atoms with van der Waals surface area (Å²) in [4.78, 5) is 27.9. The maximum Gasteiger partial charge on any atom is 0.263 e. The molecule has 1 aliphatic rings. The molecule has 1 heterocycles. The van der Waals surface area contributed by atoms with Crippen LogP contribution in [-0.2, 0) is 14.3 Å².